The van der Waals surface area contributed by atoms with Crippen molar-refractivity contribution in [3.05, 3.63) is 58.3 Å². The molecular formula is C18H18N6O4. The van der Waals surface area contributed by atoms with Crippen molar-refractivity contribution in [1.29, 1.82) is 0 Å². The standard InChI is InChI=1S/C18H18N6O4/c1-10(25)19-6-7-20-16(26)11-4-2-3-5-13(11)24-17(27)12-8-21-15-14(12)18(28)23-9-22-15/h2-5,8-9H,6-7H2,1H3,(H,19,25)(H,20,26)(H,24,27)(H2,21,22,23,28). The number of hydrogen-bond acceptors (Lipinski definition) is 5. The molecule has 3 rings (SSSR count). The first kappa shape index (κ1) is 18.8. The highest BCUT2D eigenvalue weighted by Crippen LogP contribution is 2.18. The maximum Gasteiger partial charge on any atom is 0.261 e. The molecule has 0 bridgehead atoms. The van der Waals surface area contributed by atoms with E-state index in [0.29, 0.717) is 12.2 Å². The van der Waals surface area contributed by atoms with Crippen LogP contribution in [0.4, 0.5) is 5.69 Å². The van der Waals surface area contributed by atoms with Gasteiger partial charge in [-0.25, -0.2) is 4.98 Å². The molecule has 3 amide bonds. The summed E-state index contributed by atoms with van der Waals surface area (Å²) >= 11 is 0. The number of para-hydroxylation sites is 1. The number of aromatic amines is 2. The molecule has 0 aliphatic carbocycles. The van der Waals surface area contributed by atoms with Gasteiger partial charge in [-0.3, -0.25) is 19.2 Å². The smallest absolute Gasteiger partial charge is 0.261 e. The van der Waals surface area contributed by atoms with Gasteiger partial charge in [-0.1, -0.05) is 12.1 Å². The Morgan fingerprint density at radius 3 is 2.54 bits per heavy atom. The molecular weight excluding hydrogens is 364 g/mol. The van der Waals surface area contributed by atoms with Crippen LogP contribution in [0.1, 0.15) is 27.6 Å². The Balaban J connectivity index is 1.77. The third-order valence-corrected chi connectivity index (χ3v) is 3.92. The summed E-state index contributed by atoms with van der Waals surface area (Å²) in [6.45, 7) is 1.92. The second-order valence-electron chi connectivity index (χ2n) is 5.90. The molecule has 0 saturated heterocycles. The molecule has 0 spiro atoms. The third-order valence-electron chi connectivity index (χ3n) is 3.92. The van der Waals surface area contributed by atoms with Crippen LogP contribution in [0, 0.1) is 0 Å². The van der Waals surface area contributed by atoms with E-state index in [4.69, 9.17) is 0 Å². The maximum atomic E-state index is 12.7. The highest BCUT2D eigenvalue weighted by Gasteiger charge is 2.18. The van der Waals surface area contributed by atoms with Crippen LogP contribution in [0.15, 0.2) is 41.6 Å². The van der Waals surface area contributed by atoms with Crippen LogP contribution in [0.5, 0.6) is 0 Å². The van der Waals surface area contributed by atoms with Gasteiger partial charge in [0.25, 0.3) is 17.4 Å². The lowest BCUT2D eigenvalue weighted by atomic mass is 10.1. The number of nitrogens with zero attached hydrogens (tertiary/aromatic N) is 1. The molecule has 0 atom stereocenters. The van der Waals surface area contributed by atoms with Gasteiger partial charge in [0.1, 0.15) is 5.65 Å². The van der Waals surface area contributed by atoms with Crippen LogP contribution >= 0.6 is 0 Å². The van der Waals surface area contributed by atoms with E-state index >= 15 is 0 Å². The number of carbonyl (C=O) groups excluding carboxylic acids is 3. The van der Waals surface area contributed by atoms with E-state index in [0.717, 1.165) is 0 Å². The monoisotopic (exact) mass is 382 g/mol. The predicted molar refractivity (Wildman–Crippen MR) is 102 cm³/mol. The summed E-state index contributed by atoms with van der Waals surface area (Å²) in [7, 11) is 0. The normalized spacial score (nSPS) is 10.5. The van der Waals surface area contributed by atoms with E-state index in [1.807, 2.05) is 0 Å². The number of H-pyrrole nitrogens is 2. The first-order valence-electron chi connectivity index (χ1n) is 8.45. The number of nitrogens with one attached hydrogen (secondary N) is 5. The minimum atomic E-state index is -0.553. The van der Waals surface area contributed by atoms with E-state index in [2.05, 4.69) is 30.9 Å². The molecule has 0 unspecified atom stereocenters. The molecule has 0 fully saturated rings. The molecule has 2 heterocycles. The van der Waals surface area contributed by atoms with E-state index in [-0.39, 0.29) is 34.6 Å². The molecule has 3 aromatic rings. The van der Waals surface area contributed by atoms with Crippen molar-refractivity contribution in [2.75, 3.05) is 18.4 Å². The topological polar surface area (TPSA) is 149 Å². The summed E-state index contributed by atoms with van der Waals surface area (Å²) in [6.07, 6.45) is 2.63. The van der Waals surface area contributed by atoms with Crippen molar-refractivity contribution in [1.82, 2.24) is 25.6 Å². The lowest BCUT2D eigenvalue weighted by Gasteiger charge is -2.11. The summed E-state index contributed by atoms with van der Waals surface area (Å²) < 4.78 is 0. The number of anilines is 1. The number of benzene rings is 1. The molecule has 10 nitrogen and oxygen atoms in total. The Labute approximate surface area is 158 Å². The highest BCUT2D eigenvalue weighted by molar-refractivity contribution is 6.14. The van der Waals surface area contributed by atoms with Gasteiger partial charge in [0.05, 0.1) is 28.5 Å². The number of hydrogen-bond donors (Lipinski definition) is 5. The van der Waals surface area contributed by atoms with E-state index < -0.39 is 17.4 Å². The molecule has 144 valence electrons. The quantitative estimate of drug-likeness (QED) is 0.391. The molecule has 0 aliphatic heterocycles. The molecule has 5 N–H and O–H groups in total. The van der Waals surface area contributed by atoms with Crippen molar-refractivity contribution < 1.29 is 14.4 Å². The van der Waals surface area contributed by atoms with Crippen LogP contribution in [0.2, 0.25) is 0 Å². The zero-order chi connectivity index (χ0) is 20.1. The van der Waals surface area contributed by atoms with Gasteiger partial charge in [-0.2, -0.15) is 0 Å². The average molecular weight is 382 g/mol. The van der Waals surface area contributed by atoms with E-state index in [9.17, 15) is 19.2 Å². The van der Waals surface area contributed by atoms with Gasteiger partial charge in [-0.15, -0.1) is 0 Å². The van der Waals surface area contributed by atoms with Crippen molar-refractivity contribution in [2.24, 2.45) is 0 Å². The molecule has 0 radical (unpaired) electrons. The second kappa shape index (κ2) is 8.16. The fourth-order valence-electron chi connectivity index (χ4n) is 2.64. The number of amides is 3. The van der Waals surface area contributed by atoms with Crippen LogP contribution in [0.25, 0.3) is 11.0 Å². The first-order chi connectivity index (χ1) is 13.5. The van der Waals surface area contributed by atoms with Gasteiger partial charge in [0, 0.05) is 26.2 Å². The highest BCUT2D eigenvalue weighted by atomic mass is 16.2. The van der Waals surface area contributed by atoms with Gasteiger partial charge in [-0.05, 0) is 12.1 Å². The zero-order valence-electron chi connectivity index (χ0n) is 15.0. The van der Waals surface area contributed by atoms with Crippen LogP contribution in [-0.2, 0) is 4.79 Å². The predicted octanol–water partition coefficient (Wildman–Crippen LogP) is 0.369. The summed E-state index contributed by atoms with van der Waals surface area (Å²) in [6, 6.07) is 6.48. The summed E-state index contributed by atoms with van der Waals surface area (Å²) in [5.41, 5.74) is 0.508. The molecule has 28 heavy (non-hydrogen) atoms. The number of rotatable bonds is 6. The van der Waals surface area contributed by atoms with Crippen LogP contribution in [0.3, 0.4) is 0 Å². The van der Waals surface area contributed by atoms with Gasteiger partial charge in [0.15, 0.2) is 0 Å². The molecule has 0 aliphatic rings. The zero-order valence-corrected chi connectivity index (χ0v) is 15.0. The number of fused-ring (bicyclic) bond motifs is 1. The van der Waals surface area contributed by atoms with Crippen molar-refractivity contribution >= 4 is 34.4 Å². The van der Waals surface area contributed by atoms with Gasteiger partial charge >= 0.3 is 0 Å². The van der Waals surface area contributed by atoms with Crippen molar-refractivity contribution in [3.63, 3.8) is 0 Å². The molecule has 2 aromatic heterocycles. The van der Waals surface area contributed by atoms with E-state index in [1.165, 1.54) is 19.4 Å². The largest absolute Gasteiger partial charge is 0.355 e. The number of carbonyl (C=O) groups is 3. The van der Waals surface area contributed by atoms with Crippen molar-refractivity contribution in [3.8, 4) is 0 Å². The Morgan fingerprint density at radius 2 is 1.75 bits per heavy atom. The Bertz CT molecular complexity index is 1100. The summed E-state index contributed by atoms with van der Waals surface area (Å²) in [4.78, 5) is 57.1. The average Bonchev–Trinajstić information content (AvgIpc) is 3.11. The van der Waals surface area contributed by atoms with Gasteiger partial charge < -0.3 is 25.9 Å². The minimum Gasteiger partial charge on any atom is -0.355 e. The molecule has 10 heteroatoms. The summed E-state index contributed by atoms with van der Waals surface area (Å²) in [5.74, 6) is -1.15. The molecule has 0 saturated carbocycles. The number of aromatic nitrogens is 3. The Kier molecular flexibility index (Phi) is 5.49. The Hall–Kier alpha value is -3.95. The first-order valence-corrected chi connectivity index (χ1v) is 8.45. The van der Waals surface area contributed by atoms with Crippen molar-refractivity contribution in [2.45, 2.75) is 6.92 Å². The fourth-order valence-corrected chi connectivity index (χ4v) is 2.64. The minimum absolute atomic E-state index is 0.116. The maximum absolute atomic E-state index is 12.7. The van der Waals surface area contributed by atoms with Crippen LogP contribution < -0.4 is 21.5 Å². The summed E-state index contributed by atoms with van der Waals surface area (Å²) in [5, 5.41) is 8.03. The van der Waals surface area contributed by atoms with Crippen LogP contribution in [-0.4, -0.2) is 45.8 Å². The van der Waals surface area contributed by atoms with Gasteiger partial charge in [0.2, 0.25) is 5.91 Å². The Morgan fingerprint density at radius 1 is 1.00 bits per heavy atom. The SMILES string of the molecule is CC(=O)NCCNC(=O)c1ccccc1NC(=O)c1c[nH]c2nc[nH]c(=O)c12. The van der Waals surface area contributed by atoms with E-state index in [1.54, 1.807) is 24.3 Å². The lowest BCUT2D eigenvalue weighted by Crippen LogP contribution is -2.34. The third kappa shape index (κ3) is 4.06. The fraction of sp³-hybridized carbons (Fsp3) is 0.167. The lowest BCUT2D eigenvalue weighted by molar-refractivity contribution is -0.118. The molecule has 1 aromatic carbocycles. The second-order valence-corrected chi connectivity index (χ2v) is 5.90.